The highest BCUT2D eigenvalue weighted by molar-refractivity contribution is 5.74. The van der Waals surface area contributed by atoms with Crippen LogP contribution in [-0.2, 0) is 4.79 Å². The summed E-state index contributed by atoms with van der Waals surface area (Å²) in [4.78, 5) is 24.3. The van der Waals surface area contributed by atoms with Gasteiger partial charge in [-0.3, -0.25) is 4.79 Å². The molecule has 6 heteroatoms. The topological polar surface area (TPSA) is 81.7 Å². The minimum atomic E-state index is -0.834. The number of amides is 2. The molecule has 0 radical (unpaired) electrons. The minimum Gasteiger partial charge on any atom is -0.481 e. The molecule has 1 aromatic carbocycles. The molecule has 2 rings (SSSR count). The van der Waals surface area contributed by atoms with Gasteiger partial charge in [0.2, 0.25) is 0 Å². The molecule has 2 amide bonds. The van der Waals surface area contributed by atoms with Crippen molar-refractivity contribution in [1.82, 2.24) is 10.2 Å². The number of hydrogen-bond acceptors (Lipinski definition) is 3. The van der Waals surface area contributed by atoms with E-state index in [4.69, 9.17) is 5.11 Å². The molecule has 1 atom stereocenters. The summed E-state index contributed by atoms with van der Waals surface area (Å²) in [5.41, 5.74) is 1.07. The van der Waals surface area contributed by atoms with Gasteiger partial charge in [-0.2, -0.15) is 0 Å². The zero-order valence-corrected chi connectivity index (χ0v) is 12.6. The Bertz CT molecular complexity index is 493. The number of rotatable bonds is 6. The van der Waals surface area contributed by atoms with Crippen molar-refractivity contribution in [3.8, 4) is 0 Å². The molecular formula is C16H23N3O3. The highest BCUT2D eigenvalue weighted by Crippen LogP contribution is 2.15. The molecule has 1 aliphatic rings. The highest BCUT2D eigenvalue weighted by atomic mass is 16.4. The Morgan fingerprint density at radius 3 is 2.77 bits per heavy atom. The van der Waals surface area contributed by atoms with Crippen LogP contribution in [0.5, 0.6) is 0 Å². The van der Waals surface area contributed by atoms with Crippen LogP contribution in [0.15, 0.2) is 30.3 Å². The third-order valence-corrected chi connectivity index (χ3v) is 3.70. The number of piperidine rings is 1. The zero-order valence-electron chi connectivity index (χ0n) is 12.6. The second kappa shape index (κ2) is 8.26. The van der Waals surface area contributed by atoms with Crippen LogP contribution in [0.3, 0.4) is 0 Å². The third kappa shape index (κ3) is 5.27. The Balaban J connectivity index is 1.75. The second-order valence-corrected chi connectivity index (χ2v) is 5.52. The van der Waals surface area contributed by atoms with Crippen molar-refractivity contribution >= 4 is 17.7 Å². The van der Waals surface area contributed by atoms with Crippen molar-refractivity contribution in [3.63, 3.8) is 0 Å². The molecule has 22 heavy (non-hydrogen) atoms. The number of aliphatic carboxylic acids is 1. The Hall–Kier alpha value is -2.24. The monoisotopic (exact) mass is 305 g/mol. The van der Waals surface area contributed by atoms with Crippen molar-refractivity contribution in [1.29, 1.82) is 0 Å². The van der Waals surface area contributed by atoms with E-state index in [9.17, 15) is 9.59 Å². The standard InChI is InChI=1S/C16H23N3O3/c20-15(21)9-4-10-17-16(22)19-11-5-8-14(12-19)18-13-6-2-1-3-7-13/h1-3,6-7,14,18H,4-5,8-12H2,(H,17,22)(H,20,21). The lowest BCUT2D eigenvalue weighted by Gasteiger charge is -2.33. The number of hydrogen-bond donors (Lipinski definition) is 3. The van der Waals surface area contributed by atoms with Gasteiger partial charge in [0.15, 0.2) is 0 Å². The average Bonchev–Trinajstić information content (AvgIpc) is 2.52. The van der Waals surface area contributed by atoms with Crippen molar-refractivity contribution in [3.05, 3.63) is 30.3 Å². The van der Waals surface area contributed by atoms with Crippen molar-refractivity contribution in [2.75, 3.05) is 25.0 Å². The summed E-state index contributed by atoms with van der Waals surface area (Å²) >= 11 is 0. The summed E-state index contributed by atoms with van der Waals surface area (Å²) < 4.78 is 0. The van der Waals surface area contributed by atoms with Crippen LogP contribution in [0, 0.1) is 0 Å². The van der Waals surface area contributed by atoms with Gasteiger partial charge in [0, 0.05) is 37.8 Å². The lowest BCUT2D eigenvalue weighted by molar-refractivity contribution is -0.137. The quantitative estimate of drug-likeness (QED) is 0.703. The number of benzene rings is 1. The maximum atomic E-state index is 12.1. The zero-order chi connectivity index (χ0) is 15.8. The number of para-hydroxylation sites is 1. The van der Waals surface area contributed by atoms with Gasteiger partial charge in [-0.1, -0.05) is 18.2 Å². The van der Waals surface area contributed by atoms with E-state index < -0.39 is 5.97 Å². The molecule has 1 aliphatic heterocycles. The van der Waals surface area contributed by atoms with Crippen LogP contribution in [0.25, 0.3) is 0 Å². The number of nitrogens with zero attached hydrogens (tertiary/aromatic N) is 1. The molecule has 0 aliphatic carbocycles. The lowest BCUT2D eigenvalue weighted by atomic mass is 10.1. The molecule has 0 saturated carbocycles. The van der Waals surface area contributed by atoms with Gasteiger partial charge < -0.3 is 20.6 Å². The molecule has 120 valence electrons. The van der Waals surface area contributed by atoms with Gasteiger partial charge >= 0.3 is 12.0 Å². The number of anilines is 1. The first-order valence-electron chi connectivity index (χ1n) is 7.71. The van der Waals surface area contributed by atoms with Crippen molar-refractivity contribution in [2.24, 2.45) is 0 Å². The van der Waals surface area contributed by atoms with Gasteiger partial charge in [0.25, 0.3) is 0 Å². The first-order chi connectivity index (χ1) is 10.6. The largest absolute Gasteiger partial charge is 0.481 e. The van der Waals surface area contributed by atoms with Gasteiger partial charge in [-0.15, -0.1) is 0 Å². The van der Waals surface area contributed by atoms with Gasteiger partial charge in [-0.05, 0) is 31.4 Å². The molecule has 1 unspecified atom stereocenters. The molecule has 6 nitrogen and oxygen atoms in total. The molecule has 1 heterocycles. The Morgan fingerprint density at radius 2 is 2.05 bits per heavy atom. The molecular weight excluding hydrogens is 282 g/mol. The van der Waals surface area contributed by atoms with Gasteiger partial charge in [0.05, 0.1) is 0 Å². The fourth-order valence-electron chi connectivity index (χ4n) is 2.60. The van der Waals surface area contributed by atoms with E-state index in [2.05, 4.69) is 10.6 Å². The minimum absolute atomic E-state index is 0.0818. The molecule has 1 aromatic rings. The Kier molecular flexibility index (Phi) is 6.06. The van der Waals surface area contributed by atoms with Crippen LogP contribution in [0.1, 0.15) is 25.7 Å². The van der Waals surface area contributed by atoms with Gasteiger partial charge in [0.1, 0.15) is 0 Å². The van der Waals surface area contributed by atoms with E-state index in [-0.39, 0.29) is 18.5 Å². The number of urea groups is 1. The first kappa shape index (κ1) is 16.1. The maximum Gasteiger partial charge on any atom is 0.317 e. The van der Waals surface area contributed by atoms with Crippen LogP contribution in [-0.4, -0.2) is 47.7 Å². The SMILES string of the molecule is O=C(O)CCCNC(=O)N1CCCC(Nc2ccccc2)C1. The molecule has 1 fully saturated rings. The van der Waals surface area contributed by atoms with E-state index in [0.29, 0.717) is 19.5 Å². The number of nitrogens with one attached hydrogen (secondary N) is 2. The third-order valence-electron chi connectivity index (χ3n) is 3.70. The number of carboxylic acid groups (broad SMARTS) is 1. The predicted molar refractivity (Wildman–Crippen MR) is 84.9 cm³/mol. The second-order valence-electron chi connectivity index (χ2n) is 5.52. The summed E-state index contributed by atoms with van der Waals surface area (Å²) in [7, 11) is 0. The van der Waals surface area contributed by atoms with Crippen LogP contribution in [0.4, 0.5) is 10.5 Å². The number of carboxylic acids is 1. The smallest absolute Gasteiger partial charge is 0.317 e. The average molecular weight is 305 g/mol. The maximum absolute atomic E-state index is 12.1. The van der Waals surface area contributed by atoms with E-state index in [1.54, 1.807) is 4.90 Å². The number of carbonyl (C=O) groups excluding carboxylic acids is 1. The fraction of sp³-hybridized carbons (Fsp3) is 0.500. The summed E-state index contributed by atoms with van der Waals surface area (Å²) in [6, 6.07) is 10.1. The molecule has 0 aromatic heterocycles. The van der Waals surface area contributed by atoms with E-state index in [0.717, 1.165) is 25.1 Å². The lowest BCUT2D eigenvalue weighted by Crippen LogP contribution is -2.49. The Labute approximate surface area is 130 Å². The normalized spacial score (nSPS) is 17.8. The summed E-state index contributed by atoms with van der Waals surface area (Å²) in [5, 5.41) is 14.8. The van der Waals surface area contributed by atoms with E-state index >= 15 is 0 Å². The Morgan fingerprint density at radius 1 is 1.27 bits per heavy atom. The summed E-state index contributed by atoms with van der Waals surface area (Å²) in [6.45, 7) is 1.82. The van der Waals surface area contributed by atoms with Crippen molar-refractivity contribution in [2.45, 2.75) is 31.7 Å². The van der Waals surface area contributed by atoms with Crippen LogP contribution in [0.2, 0.25) is 0 Å². The predicted octanol–water partition coefficient (Wildman–Crippen LogP) is 2.14. The number of carbonyl (C=O) groups is 2. The first-order valence-corrected chi connectivity index (χ1v) is 7.71. The van der Waals surface area contributed by atoms with Crippen LogP contribution >= 0.6 is 0 Å². The molecule has 0 spiro atoms. The molecule has 1 saturated heterocycles. The summed E-state index contributed by atoms with van der Waals surface area (Å²) in [5.74, 6) is -0.834. The molecule has 0 bridgehead atoms. The number of likely N-dealkylation sites (tertiary alicyclic amines) is 1. The van der Waals surface area contributed by atoms with Crippen molar-refractivity contribution < 1.29 is 14.7 Å². The summed E-state index contributed by atoms with van der Waals surface area (Å²) in [6.07, 6.45) is 2.55. The fourth-order valence-corrected chi connectivity index (χ4v) is 2.60. The molecule has 3 N–H and O–H groups in total. The highest BCUT2D eigenvalue weighted by Gasteiger charge is 2.23. The van der Waals surface area contributed by atoms with E-state index in [1.807, 2.05) is 30.3 Å². The van der Waals surface area contributed by atoms with E-state index in [1.165, 1.54) is 0 Å². The van der Waals surface area contributed by atoms with Crippen LogP contribution < -0.4 is 10.6 Å². The van der Waals surface area contributed by atoms with Gasteiger partial charge in [-0.25, -0.2) is 4.79 Å².